The van der Waals surface area contributed by atoms with Gasteiger partial charge in [-0.05, 0) is 83.1 Å². The molecule has 79 heavy (non-hydrogen) atoms. The molecule has 0 bridgehead atoms. The second-order valence-electron chi connectivity index (χ2n) is 19.1. The van der Waals surface area contributed by atoms with Gasteiger partial charge in [0.05, 0.1) is 31.7 Å². The molecule has 3 aliphatic heterocycles. The Morgan fingerprint density at radius 2 is 1.37 bits per heavy atom. The summed E-state index contributed by atoms with van der Waals surface area (Å²) < 4.78 is 58.4. The summed E-state index contributed by atoms with van der Waals surface area (Å²) >= 11 is 0. The summed E-state index contributed by atoms with van der Waals surface area (Å²) in [6.07, 6.45) is 2.85. The van der Waals surface area contributed by atoms with Gasteiger partial charge in [-0.3, -0.25) is 38.1 Å². The van der Waals surface area contributed by atoms with E-state index in [1.54, 1.807) is 0 Å². The van der Waals surface area contributed by atoms with E-state index in [-0.39, 0.29) is 62.5 Å². The van der Waals surface area contributed by atoms with Gasteiger partial charge in [0.1, 0.15) is 48.9 Å². The van der Waals surface area contributed by atoms with Crippen molar-refractivity contribution in [2.75, 3.05) is 44.5 Å². The first-order chi connectivity index (χ1) is 37.2. The number of nitrogens with one attached hydrogen (secondary N) is 3. The van der Waals surface area contributed by atoms with Crippen LogP contribution in [0.3, 0.4) is 0 Å². The van der Waals surface area contributed by atoms with Gasteiger partial charge in [0, 0.05) is 37.6 Å². The summed E-state index contributed by atoms with van der Waals surface area (Å²) in [5.41, 5.74) is 5.70. The minimum Gasteiger partial charge on any atom is -0.481 e. The maximum Gasteiger partial charge on any atom is 0.490 e. The number of nitrogens with two attached hydrogens (primary N) is 1. The Morgan fingerprint density at radius 1 is 0.734 bits per heavy atom. The number of ether oxygens (including phenoxy) is 2. The molecule has 1 saturated carbocycles. The van der Waals surface area contributed by atoms with Crippen LogP contribution in [0.5, 0.6) is 0 Å². The van der Waals surface area contributed by atoms with Crippen LogP contribution < -0.4 is 21.7 Å². The number of rotatable bonds is 31. The lowest BCUT2D eigenvalue weighted by atomic mass is 9.82. The zero-order chi connectivity index (χ0) is 58.5. The molecule has 4 fully saturated rings. The largest absolute Gasteiger partial charge is 0.490 e. The zero-order valence-corrected chi connectivity index (χ0v) is 47.3. The standard InChI is InChI=1S/C44H71N6O24P3S2/c45-17-4-3-11-29(43(60)50-19-6-13-33(50)42(59)47-30(22-38(53)54)40(57)48-31(44(61)62)23-39(55)56)46-41(58)32-12-5-18-49(32)37(52)16-21-78-79-26-70-20-7-9-27-8-1-2-10-28(15-14-27)35-24-34(51)36(72-35)25-71-76(66,67)74-77(68,69)73-75(63,64)65/h27-36,51H,1-6,8,10-26,45H2,(H,46,58)(H,47,59)(H,48,57)(H,53,54)(H,55,56)(H,61,62)(H,66,67)(H,68,69)(H2,63,64,65). The average molecular weight is 1230 g/mol. The highest BCUT2D eigenvalue weighted by molar-refractivity contribution is 8.76. The van der Waals surface area contributed by atoms with Crippen LogP contribution in [0, 0.1) is 23.7 Å². The fraction of sp³-hybridized carbons (Fsp3) is 0.773. The van der Waals surface area contributed by atoms with Crippen LogP contribution in [-0.2, 0) is 74.7 Å². The molecule has 3 heterocycles. The molecule has 0 spiro atoms. The number of aliphatic carboxylic acids is 3. The van der Waals surface area contributed by atoms with Crippen molar-refractivity contribution in [1.29, 1.82) is 0 Å². The van der Waals surface area contributed by atoms with Crippen molar-refractivity contribution in [3.63, 3.8) is 0 Å². The number of hydrogen-bond acceptors (Lipinski definition) is 20. The number of aliphatic hydroxyl groups is 1. The van der Waals surface area contributed by atoms with Gasteiger partial charge >= 0.3 is 41.4 Å². The number of carbonyl (C=O) groups is 8. The highest BCUT2D eigenvalue weighted by atomic mass is 33.1. The molecule has 4 aliphatic rings. The molecule has 0 aromatic carbocycles. The third-order valence-electron chi connectivity index (χ3n) is 13.2. The number of phosphoric ester groups is 1. The van der Waals surface area contributed by atoms with Gasteiger partial charge in [0.2, 0.25) is 29.5 Å². The number of unbranched alkanes of at least 4 members (excludes halogenated alkanes) is 1. The molecule has 0 aromatic rings. The molecule has 1 aliphatic carbocycles. The molecule has 12 unspecified atom stereocenters. The smallest absolute Gasteiger partial charge is 0.481 e. The quantitative estimate of drug-likeness (QED) is 0.0150. The normalized spacial score (nSPS) is 25.2. The number of carbonyl (C=O) groups excluding carboxylic acids is 5. The third-order valence-corrected chi connectivity index (χ3v) is 19.1. The third kappa shape index (κ3) is 23.9. The van der Waals surface area contributed by atoms with Crippen molar-refractivity contribution in [2.24, 2.45) is 17.6 Å². The first kappa shape index (κ1) is 67.8. The monoisotopic (exact) mass is 1220 g/mol. The summed E-state index contributed by atoms with van der Waals surface area (Å²) in [4.78, 5) is 141. The number of hydrogen-bond donors (Lipinski definition) is 12. The Labute approximate surface area is 462 Å². The molecule has 30 nitrogen and oxygen atoms in total. The number of carboxylic acid groups (broad SMARTS) is 3. The molecule has 3 saturated heterocycles. The van der Waals surface area contributed by atoms with Gasteiger partial charge in [-0.1, -0.05) is 46.3 Å². The lowest BCUT2D eigenvalue weighted by Crippen LogP contribution is -2.58. The fourth-order valence-corrected chi connectivity index (χ4v) is 14.2. The van der Waals surface area contributed by atoms with E-state index in [4.69, 9.17) is 30.1 Å². The van der Waals surface area contributed by atoms with Gasteiger partial charge in [0.15, 0.2) is 0 Å². The Balaban J connectivity index is 1.19. The summed E-state index contributed by atoms with van der Waals surface area (Å²) in [5, 5.41) is 45.4. The van der Waals surface area contributed by atoms with Crippen molar-refractivity contribution in [3.05, 3.63) is 0 Å². The Kier molecular flexibility index (Phi) is 28.1. The van der Waals surface area contributed by atoms with E-state index in [9.17, 15) is 77.2 Å². The van der Waals surface area contributed by atoms with Crippen LogP contribution in [0.4, 0.5) is 0 Å². The van der Waals surface area contributed by atoms with Crippen LogP contribution >= 0.6 is 45.1 Å². The molecule has 448 valence electrons. The highest BCUT2D eigenvalue weighted by Gasteiger charge is 2.45. The summed E-state index contributed by atoms with van der Waals surface area (Å²) in [6, 6.07) is -6.96. The zero-order valence-electron chi connectivity index (χ0n) is 43.0. The lowest BCUT2D eigenvalue weighted by Gasteiger charge is -2.31. The average Bonchev–Trinajstić information content (AvgIpc) is 4.13. The first-order valence-corrected chi connectivity index (χ1v) is 32.5. The molecule has 35 heteroatoms. The second kappa shape index (κ2) is 32.8. The molecular formula is C44H71N6O24P3S2. The maximum atomic E-state index is 14.1. The van der Waals surface area contributed by atoms with Crippen molar-refractivity contribution in [1.82, 2.24) is 25.8 Å². The van der Waals surface area contributed by atoms with E-state index in [1.165, 1.54) is 31.4 Å². The predicted molar refractivity (Wildman–Crippen MR) is 277 cm³/mol. The molecule has 0 aromatic heterocycles. The minimum absolute atomic E-state index is 0.0150. The van der Waals surface area contributed by atoms with Gasteiger partial charge < -0.3 is 81.0 Å². The van der Waals surface area contributed by atoms with E-state index in [0.29, 0.717) is 57.4 Å². The summed E-state index contributed by atoms with van der Waals surface area (Å²) in [5.74, 6) is -1.33. The topological polar surface area (TPSA) is 464 Å². The Bertz CT molecular complexity index is 2350. The van der Waals surface area contributed by atoms with E-state index < -0.39 is 133 Å². The number of carboxylic acids is 3. The number of aliphatic hydroxyl groups excluding tert-OH is 1. The van der Waals surface area contributed by atoms with Crippen LogP contribution in [0.1, 0.15) is 109 Å². The summed E-state index contributed by atoms with van der Waals surface area (Å²) in [6.45, 7) is 0.107. The van der Waals surface area contributed by atoms with E-state index in [2.05, 4.69) is 35.6 Å². The molecule has 0 radical (unpaired) electrons. The number of likely N-dealkylation sites (tertiary alicyclic amines) is 2. The Morgan fingerprint density at radius 3 is 2.01 bits per heavy atom. The van der Waals surface area contributed by atoms with Crippen LogP contribution in [0.2, 0.25) is 0 Å². The van der Waals surface area contributed by atoms with Crippen molar-refractivity contribution in [3.8, 4) is 11.8 Å². The first-order valence-electron chi connectivity index (χ1n) is 25.5. The van der Waals surface area contributed by atoms with Gasteiger partial charge in [-0.25, -0.2) is 18.5 Å². The Hall–Kier alpha value is -3.73. The lowest BCUT2D eigenvalue weighted by molar-refractivity contribution is -0.148. The number of amides is 5. The molecule has 12 atom stereocenters. The van der Waals surface area contributed by atoms with Crippen molar-refractivity contribution < 1.29 is 115 Å². The molecule has 13 N–H and O–H groups in total. The van der Waals surface area contributed by atoms with Gasteiger partial charge in [-0.15, -0.1) is 0 Å². The van der Waals surface area contributed by atoms with Crippen LogP contribution in [0.15, 0.2) is 0 Å². The minimum atomic E-state index is -5.70. The van der Waals surface area contributed by atoms with Crippen molar-refractivity contribution in [2.45, 2.75) is 158 Å². The predicted octanol–water partition coefficient (Wildman–Crippen LogP) is 0.783. The molecule has 4 rings (SSSR count). The van der Waals surface area contributed by atoms with Crippen LogP contribution in [0.25, 0.3) is 0 Å². The van der Waals surface area contributed by atoms with E-state index >= 15 is 0 Å². The summed E-state index contributed by atoms with van der Waals surface area (Å²) in [7, 11) is -13.9. The molecular weight excluding hydrogens is 1150 g/mol. The SMILES string of the molecule is NCCCCC(NC(=O)C1CCCN1C(=O)CCSSCOCC#CC1CCCCC(C2CC(O)C(COP(=O)(O)OP(=O)(O)OP(=O)(O)O)O2)CC1)C(=O)N1CCCC1C(=O)NC(CC(=O)O)C(=O)NC(CC(=O)O)C(=O)O. The van der Waals surface area contributed by atoms with Crippen LogP contribution in [-0.4, -0.2) is 190 Å². The second-order valence-corrected chi connectivity index (χ2v) is 26.1. The van der Waals surface area contributed by atoms with E-state index in [0.717, 1.165) is 32.1 Å². The van der Waals surface area contributed by atoms with Gasteiger partial charge in [0.25, 0.3) is 0 Å². The number of nitrogens with zero attached hydrogens (tertiary/aromatic N) is 2. The van der Waals surface area contributed by atoms with Gasteiger partial charge in [-0.2, -0.15) is 8.62 Å². The maximum absolute atomic E-state index is 14.1. The van der Waals surface area contributed by atoms with Crippen molar-refractivity contribution >= 4 is 92.5 Å². The number of phosphoric acid groups is 3. The molecule has 5 amide bonds. The van der Waals surface area contributed by atoms with E-state index in [1.807, 2.05) is 5.32 Å². The highest BCUT2D eigenvalue weighted by Crippen LogP contribution is 2.66. The fourth-order valence-electron chi connectivity index (χ4n) is 9.54.